The highest BCUT2D eigenvalue weighted by atomic mass is 79.9. The number of rotatable bonds is 2. The fourth-order valence-corrected chi connectivity index (χ4v) is 2.29. The van der Waals surface area contributed by atoms with Gasteiger partial charge in [0.05, 0.1) is 10.2 Å². The van der Waals surface area contributed by atoms with Crippen LogP contribution in [-0.2, 0) is 6.42 Å². The second-order valence-corrected chi connectivity index (χ2v) is 4.92. The number of halogens is 2. The molecule has 4 heteroatoms. The molecule has 0 aliphatic rings. The molecule has 0 saturated carbocycles. The standard InChI is InChI=1S/C13H12BrClN2/c1-3-10-11(14)12(15)17-13(16-10)9-7-5-4-6-8(9)2/h4-7H,3H2,1-2H3. The van der Waals surface area contributed by atoms with E-state index in [2.05, 4.69) is 25.9 Å². The third kappa shape index (κ3) is 2.50. The van der Waals surface area contributed by atoms with Gasteiger partial charge in [0.25, 0.3) is 0 Å². The Hall–Kier alpha value is -0.930. The molecule has 1 aromatic carbocycles. The lowest BCUT2D eigenvalue weighted by atomic mass is 10.1. The number of hydrogen-bond acceptors (Lipinski definition) is 2. The highest BCUT2D eigenvalue weighted by molar-refractivity contribution is 9.10. The number of aromatic nitrogens is 2. The van der Waals surface area contributed by atoms with E-state index in [1.165, 1.54) is 0 Å². The van der Waals surface area contributed by atoms with Gasteiger partial charge in [0.15, 0.2) is 5.82 Å². The van der Waals surface area contributed by atoms with Crippen LogP contribution >= 0.6 is 27.5 Å². The van der Waals surface area contributed by atoms with Crippen molar-refractivity contribution in [2.24, 2.45) is 0 Å². The molecule has 0 bridgehead atoms. The number of benzene rings is 1. The maximum atomic E-state index is 6.10. The Labute approximate surface area is 114 Å². The highest BCUT2D eigenvalue weighted by Crippen LogP contribution is 2.28. The van der Waals surface area contributed by atoms with Gasteiger partial charge in [0.1, 0.15) is 5.15 Å². The summed E-state index contributed by atoms with van der Waals surface area (Å²) in [6.07, 6.45) is 0.821. The van der Waals surface area contributed by atoms with Crippen molar-refractivity contribution in [3.8, 4) is 11.4 Å². The maximum Gasteiger partial charge on any atom is 0.161 e. The third-order valence-electron chi connectivity index (χ3n) is 2.60. The highest BCUT2D eigenvalue weighted by Gasteiger charge is 2.11. The minimum atomic E-state index is 0.468. The van der Waals surface area contributed by atoms with Crippen molar-refractivity contribution in [3.63, 3.8) is 0 Å². The zero-order chi connectivity index (χ0) is 12.4. The van der Waals surface area contributed by atoms with Crippen LogP contribution in [0.3, 0.4) is 0 Å². The van der Waals surface area contributed by atoms with Gasteiger partial charge in [-0.2, -0.15) is 0 Å². The van der Waals surface area contributed by atoms with Gasteiger partial charge in [-0.1, -0.05) is 42.8 Å². The molecule has 1 aromatic heterocycles. The molecule has 88 valence electrons. The lowest BCUT2D eigenvalue weighted by Crippen LogP contribution is -1.98. The van der Waals surface area contributed by atoms with Crippen molar-refractivity contribution >= 4 is 27.5 Å². The Morgan fingerprint density at radius 2 is 1.94 bits per heavy atom. The van der Waals surface area contributed by atoms with Crippen LogP contribution in [0.4, 0.5) is 0 Å². The molecule has 0 aliphatic heterocycles. The molecule has 0 amide bonds. The summed E-state index contributed by atoms with van der Waals surface area (Å²) in [5.74, 6) is 0.688. The summed E-state index contributed by atoms with van der Waals surface area (Å²) in [5.41, 5.74) is 3.10. The number of nitrogens with zero attached hydrogens (tertiary/aromatic N) is 2. The first-order valence-corrected chi connectivity index (χ1v) is 6.58. The summed E-state index contributed by atoms with van der Waals surface area (Å²) in [5, 5.41) is 0.468. The average Bonchev–Trinajstić information content (AvgIpc) is 2.33. The molecule has 0 aliphatic carbocycles. The molecule has 0 N–H and O–H groups in total. The zero-order valence-corrected chi connectivity index (χ0v) is 12.0. The van der Waals surface area contributed by atoms with Crippen LogP contribution in [0.1, 0.15) is 18.2 Å². The van der Waals surface area contributed by atoms with E-state index in [4.69, 9.17) is 11.6 Å². The minimum absolute atomic E-state index is 0.468. The molecule has 0 fully saturated rings. The normalized spacial score (nSPS) is 10.6. The molecule has 2 rings (SSSR count). The van der Waals surface area contributed by atoms with Gasteiger partial charge in [0, 0.05) is 5.56 Å². The van der Waals surface area contributed by atoms with E-state index < -0.39 is 0 Å². The monoisotopic (exact) mass is 310 g/mol. The van der Waals surface area contributed by atoms with E-state index in [1.54, 1.807) is 0 Å². The van der Waals surface area contributed by atoms with E-state index in [-0.39, 0.29) is 0 Å². The summed E-state index contributed by atoms with van der Waals surface area (Å²) in [4.78, 5) is 8.86. The first-order valence-electron chi connectivity index (χ1n) is 5.41. The van der Waals surface area contributed by atoms with Gasteiger partial charge in [-0.3, -0.25) is 0 Å². The third-order valence-corrected chi connectivity index (χ3v) is 3.94. The van der Waals surface area contributed by atoms with Gasteiger partial charge in [-0.05, 0) is 34.8 Å². The summed E-state index contributed by atoms with van der Waals surface area (Å²) in [6.45, 7) is 4.09. The molecule has 0 radical (unpaired) electrons. The fraction of sp³-hybridized carbons (Fsp3) is 0.231. The van der Waals surface area contributed by atoms with Crippen LogP contribution in [0.2, 0.25) is 5.15 Å². The van der Waals surface area contributed by atoms with E-state index in [9.17, 15) is 0 Å². The Balaban J connectivity index is 2.61. The molecule has 0 atom stereocenters. The topological polar surface area (TPSA) is 25.8 Å². The summed E-state index contributed by atoms with van der Waals surface area (Å²) in [6, 6.07) is 8.03. The van der Waals surface area contributed by atoms with Crippen molar-refractivity contribution in [2.45, 2.75) is 20.3 Å². The maximum absolute atomic E-state index is 6.10. The Morgan fingerprint density at radius 1 is 1.24 bits per heavy atom. The Morgan fingerprint density at radius 3 is 2.59 bits per heavy atom. The first kappa shape index (κ1) is 12.5. The van der Waals surface area contributed by atoms with Crippen molar-refractivity contribution in [3.05, 3.63) is 45.1 Å². The summed E-state index contributed by atoms with van der Waals surface area (Å²) >= 11 is 9.51. The quantitative estimate of drug-likeness (QED) is 0.767. The first-order chi connectivity index (χ1) is 8.13. The predicted octanol–water partition coefficient (Wildman–Crippen LogP) is 4.43. The van der Waals surface area contributed by atoms with Gasteiger partial charge in [-0.25, -0.2) is 9.97 Å². The fourth-order valence-electron chi connectivity index (χ4n) is 1.64. The molecule has 0 spiro atoms. The molecule has 1 heterocycles. The van der Waals surface area contributed by atoms with E-state index in [0.29, 0.717) is 11.0 Å². The minimum Gasteiger partial charge on any atom is -0.232 e. The molecular formula is C13H12BrClN2. The van der Waals surface area contributed by atoms with Crippen LogP contribution in [0.15, 0.2) is 28.7 Å². The predicted molar refractivity (Wildman–Crippen MR) is 74.3 cm³/mol. The van der Waals surface area contributed by atoms with Crippen molar-refractivity contribution in [1.82, 2.24) is 9.97 Å². The zero-order valence-electron chi connectivity index (χ0n) is 9.67. The van der Waals surface area contributed by atoms with Crippen LogP contribution in [0.25, 0.3) is 11.4 Å². The second-order valence-electron chi connectivity index (χ2n) is 3.77. The molecule has 0 unspecified atom stereocenters. The lowest BCUT2D eigenvalue weighted by Gasteiger charge is -2.08. The van der Waals surface area contributed by atoms with Crippen LogP contribution in [-0.4, -0.2) is 9.97 Å². The van der Waals surface area contributed by atoms with Gasteiger partial charge >= 0.3 is 0 Å². The van der Waals surface area contributed by atoms with E-state index >= 15 is 0 Å². The van der Waals surface area contributed by atoms with Crippen molar-refractivity contribution in [2.75, 3.05) is 0 Å². The largest absolute Gasteiger partial charge is 0.232 e. The van der Waals surface area contributed by atoms with Gasteiger partial charge < -0.3 is 0 Å². The summed E-state index contributed by atoms with van der Waals surface area (Å²) < 4.78 is 0.791. The van der Waals surface area contributed by atoms with Gasteiger partial charge in [-0.15, -0.1) is 0 Å². The summed E-state index contributed by atoms with van der Waals surface area (Å²) in [7, 11) is 0. The molecule has 2 nitrogen and oxygen atoms in total. The van der Waals surface area contributed by atoms with Crippen molar-refractivity contribution in [1.29, 1.82) is 0 Å². The van der Waals surface area contributed by atoms with Gasteiger partial charge in [0.2, 0.25) is 0 Å². The van der Waals surface area contributed by atoms with Crippen LogP contribution < -0.4 is 0 Å². The van der Waals surface area contributed by atoms with E-state index in [0.717, 1.165) is 27.7 Å². The SMILES string of the molecule is CCc1nc(-c2ccccc2C)nc(Cl)c1Br. The lowest BCUT2D eigenvalue weighted by molar-refractivity contribution is 0.989. The van der Waals surface area contributed by atoms with Crippen molar-refractivity contribution < 1.29 is 0 Å². The molecule has 0 saturated heterocycles. The number of aryl methyl sites for hydroxylation is 2. The molecule has 17 heavy (non-hydrogen) atoms. The number of hydrogen-bond donors (Lipinski definition) is 0. The smallest absolute Gasteiger partial charge is 0.161 e. The Kier molecular flexibility index (Phi) is 3.79. The average molecular weight is 312 g/mol. The molecular weight excluding hydrogens is 300 g/mol. The van der Waals surface area contributed by atoms with E-state index in [1.807, 2.05) is 38.1 Å². The van der Waals surface area contributed by atoms with Crippen LogP contribution in [0, 0.1) is 6.92 Å². The van der Waals surface area contributed by atoms with Crippen LogP contribution in [0.5, 0.6) is 0 Å². The Bertz CT molecular complexity index is 555. The second kappa shape index (κ2) is 5.15. The molecule has 2 aromatic rings.